The summed E-state index contributed by atoms with van der Waals surface area (Å²) in [6.07, 6.45) is 2.74. The molecule has 1 saturated heterocycles. The molecular weight excluding hydrogens is 331 g/mol. The normalized spacial score (nSPS) is 22.6. The van der Waals surface area contributed by atoms with Gasteiger partial charge in [0.15, 0.2) is 0 Å². The van der Waals surface area contributed by atoms with Crippen LogP contribution in [0.3, 0.4) is 0 Å². The molecule has 0 radical (unpaired) electrons. The highest BCUT2D eigenvalue weighted by Crippen LogP contribution is 2.32. The molecule has 122 valence electrons. The summed E-state index contributed by atoms with van der Waals surface area (Å²) < 4.78 is 46.5. The van der Waals surface area contributed by atoms with E-state index < -0.39 is 16.0 Å². The number of nitrogens with zero attached hydrogens (tertiary/aromatic N) is 2. The first kappa shape index (κ1) is 16.0. The lowest BCUT2D eigenvalue weighted by Crippen LogP contribution is -2.51. The van der Waals surface area contributed by atoms with E-state index in [4.69, 9.17) is 16.3 Å². The molecule has 1 aliphatic heterocycles. The fourth-order valence-corrected chi connectivity index (χ4v) is 4.65. The molecule has 0 bridgehead atoms. The number of hydrogen-bond donors (Lipinski definition) is 0. The van der Waals surface area contributed by atoms with Crippen molar-refractivity contribution in [1.29, 1.82) is 0 Å². The smallest absolute Gasteiger partial charge is 0.282 e. The average Bonchev–Trinajstić information content (AvgIpc) is 3.28. The summed E-state index contributed by atoms with van der Waals surface area (Å²) in [5.74, 6) is -0.0763. The first-order valence-electron chi connectivity index (χ1n) is 7.33. The minimum atomic E-state index is -3.37. The van der Waals surface area contributed by atoms with E-state index in [1.54, 1.807) is 4.31 Å². The van der Waals surface area contributed by atoms with Crippen molar-refractivity contribution < 1.29 is 17.5 Å². The lowest BCUT2D eigenvalue weighted by atomic mass is 10.3. The van der Waals surface area contributed by atoms with E-state index in [1.165, 1.54) is 22.5 Å². The molecule has 2 aliphatic rings. The molecule has 2 fully saturated rings. The van der Waals surface area contributed by atoms with E-state index >= 15 is 0 Å². The summed E-state index contributed by atoms with van der Waals surface area (Å²) >= 11 is 5.68. The SMILES string of the molecule is O=S1(=O)N(CCOc2ccc(F)c(Cl)c2)CCCN1C1CC1. The Morgan fingerprint density at radius 2 is 2.09 bits per heavy atom. The minimum absolute atomic E-state index is 0.0111. The van der Waals surface area contributed by atoms with Crippen LogP contribution in [0.2, 0.25) is 5.02 Å². The quantitative estimate of drug-likeness (QED) is 0.820. The minimum Gasteiger partial charge on any atom is -0.492 e. The zero-order chi connectivity index (χ0) is 15.7. The maximum absolute atomic E-state index is 13.1. The van der Waals surface area contributed by atoms with E-state index in [-0.39, 0.29) is 24.2 Å². The highest BCUT2D eigenvalue weighted by atomic mass is 35.5. The van der Waals surface area contributed by atoms with Crippen LogP contribution in [-0.4, -0.2) is 49.3 Å². The van der Waals surface area contributed by atoms with Crippen molar-refractivity contribution in [3.8, 4) is 5.75 Å². The number of halogens is 2. The lowest BCUT2D eigenvalue weighted by molar-refractivity contribution is 0.234. The third-order valence-corrected chi connectivity index (χ3v) is 6.24. The van der Waals surface area contributed by atoms with Gasteiger partial charge in [-0.1, -0.05) is 11.6 Å². The van der Waals surface area contributed by atoms with Crippen molar-refractivity contribution in [2.75, 3.05) is 26.2 Å². The molecule has 0 unspecified atom stereocenters. The van der Waals surface area contributed by atoms with Gasteiger partial charge in [-0.3, -0.25) is 0 Å². The second-order valence-electron chi connectivity index (χ2n) is 5.53. The summed E-state index contributed by atoms with van der Waals surface area (Å²) in [7, 11) is -3.37. The molecular formula is C14H18ClFN2O3S. The Kier molecular flexibility index (Phi) is 4.59. The van der Waals surface area contributed by atoms with Gasteiger partial charge in [-0.2, -0.15) is 17.0 Å². The van der Waals surface area contributed by atoms with Gasteiger partial charge in [0.05, 0.1) is 5.02 Å². The molecule has 0 spiro atoms. The van der Waals surface area contributed by atoms with Crippen LogP contribution in [0.4, 0.5) is 4.39 Å². The van der Waals surface area contributed by atoms with Crippen LogP contribution >= 0.6 is 11.6 Å². The van der Waals surface area contributed by atoms with Crippen LogP contribution in [0.5, 0.6) is 5.75 Å². The van der Waals surface area contributed by atoms with E-state index in [0.717, 1.165) is 19.3 Å². The van der Waals surface area contributed by atoms with E-state index in [9.17, 15) is 12.8 Å². The first-order valence-corrected chi connectivity index (χ1v) is 9.11. The summed E-state index contributed by atoms with van der Waals surface area (Å²) in [6, 6.07) is 4.27. The summed E-state index contributed by atoms with van der Waals surface area (Å²) in [4.78, 5) is 0. The van der Waals surface area contributed by atoms with Crippen LogP contribution in [-0.2, 0) is 10.2 Å². The molecule has 1 aliphatic carbocycles. The van der Waals surface area contributed by atoms with Crippen molar-refractivity contribution in [2.24, 2.45) is 0 Å². The van der Waals surface area contributed by atoms with Crippen molar-refractivity contribution in [2.45, 2.75) is 25.3 Å². The van der Waals surface area contributed by atoms with Crippen LogP contribution in [0.25, 0.3) is 0 Å². The predicted molar refractivity (Wildman–Crippen MR) is 81.7 cm³/mol. The highest BCUT2D eigenvalue weighted by molar-refractivity contribution is 7.86. The maximum Gasteiger partial charge on any atom is 0.282 e. The average molecular weight is 349 g/mol. The second-order valence-corrected chi connectivity index (χ2v) is 7.81. The molecule has 1 aromatic rings. The molecule has 1 saturated carbocycles. The largest absolute Gasteiger partial charge is 0.492 e. The molecule has 5 nitrogen and oxygen atoms in total. The van der Waals surface area contributed by atoms with Gasteiger partial charge in [0.2, 0.25) is 0 Å². The van der Waals surface area contributed by atoms with Gasteiger partial charge < -0.3 is 4.74 Å². The van der Waals surface area contributed by atoms with Crippen molar-refractivity contribution in [3.63, 3.8) is 0 Å². The van der Waals surface area contributed by atoms with Crippen molar-refractivity contribution >= 4 is 21.8 Å². The molecule has 0 aromatic heterocycles. The molecule has 8 heteroatoms. The van der Waals surface area contributed by atoms with Gasteiger partial charge in [0.1, 0.15) is 18.2 Å². The van der Waals surface area contributed by atoms with Crippen LogP contribution in [0, 0.1) is 5.82 Å². The zero-order valence-corrected chi connectivity index (χ0v) is 13.6. The van der Waals surface area contributed by atoms with E-state index in [0.29, 0.717) is 18.8 Å². The van der Waals surface area contributed by atoms with Gasteiger partial charge in [-0.15, -0.1) is 0 Å². The fourth-order valence-electron chi connectivity index (χ4n) is 2.57. The monoisotopic (exact) mass is 348 g/mol. The molecule has 1 heterocycles. The Morgan fingerprint density at radius 3 is 2.77 bits per heavy atom. The predicted octanol–water partition coefficient (Wildman–Crippen LogP) is 2.27. The Hall–Kier alpha value is -0.890. The molecule has 22 heavy (non-hydrogen) atoms. The number of benzene rings is 1. The van der Waals surface area contributed by atoms with Crippen molar-refractivity contribution in [1.82, 2.24) is 8.61 Å². The summed E-state index contributed by atoms with van der Waals surface area (Å²) in [6.45, 7) is 1.61. The molecule has 0 amide bonds. The Morgan fingerprint density at radius 1 is 1.32 bits per heavy atom. The molecule has 1 aromatic carbocycles. The van der Waals surface area contributed by atoms with Gasteiger partial charge in [-0.25, -0.2) is 4.39 Å². The van der Waals surface area contributed by atoms with E-state index in [2.05, 4.69) is 0 Å². The van der Waals surface area contributed by atoms with Crippen LogP contribution < -0.4 is 4.74 Å². The van der Waals surface area contributed by atoms with Crippen LogP contribution in [0.15, 0.2) is 18.2 Å². The Labute approximate surface area is 134 Å². The van der Waals surface area contributed by atoms with E-state index in [1.807, 2.05) is 0 Å². The summed E-state index contributed by atoms with van der Waals surface area (Å²) in [5.41, 5.74) is 0. The number of rotatable bonds is 5. The van der Waals surface area contributed by atoms with Gasteiger partial charge >= 0.3 is 0 Å². The number of hydrogen-bond acceptors (Lipinski definition) is 3. The maximum atomic E-state index is 13.1. The van der Waals surface area contributed by atoms with Crippen molar-refractivity contribution in [3.05, 3.63) is 29.0 Å². The third-order valence-electron chi connectivity index (χ3n) is 3.86. The molecule has 0 N–H and O–H groups in total. The van der Waals surface area contributed by atoms with Gasteiger partial charge in [0.25, 0.3) is 10.2 Å². The first-order chi connectivity index (χ1) is 10.5. The van der Waals surface area contributed by atoms with Crippen LogP contribution in [0.1, 0.15) is 19.3 Å². The third kappa shape index (κ3) is 3.37. The lowest BCUT2D eigenvalue weighted by Gasteiger charge is -2.34. The zero-order valence-electron chi connectivity index (χ0n) is 12.0. The Bertz CT molecular complexity index is 651. The van der Waals surface area contributed by atoms with Gasteiger partial charge in [-0.05, 0) is 31.4 Å². The summed E-state index contributed by atoms with van der Waals surface area (Å²) in [5, 5.41) is -0.0111. The fraction of sp³-hybridized carbons (Fsp3) is 0.571. The highest BCUT2D eigenvalue weighted by Gasteiger charge is 2.42. The Balaban J connectivity index is 1.57. The second kappa shape index (κ2) is 6.31. The van der Waals surface area contributed by atoms with Gasteiger partial charge in [0, 0.05) is 31.7 Å². The molecule has 0 atom stereocenters. The molecule has 3 rings (SSSR count). The topological polar surface area (TPSA) is 49.9 Å². The number of ether oxygens (including phenoxy) is 1. The standard InChI is InChI=1S/C14H18ClFN2O3S/c15-13-10-12(4-5-14(13)16)21-9-8-17-6-1-7-18(11-2-3-11)22(17,19)20/h4-5,10-11H,1-3,6-9H2.